The Hall–Kier alpha value is -2.48. The predicted molar refractivity (Wildman–Crippen MR) is 99.9 cm³/mol. The lowest BCUT2D eigenvalue weighted by Gasteiger charge is -2.32. The molecule has 1 atom stereocenters. The van der Waals surface area contributed by atoms with Crippen LogP contribution in [0, 0.1) is 6.92 Å². The molecule has 1 aliphatic rings. The van der Waals surface area contributed by atoms with Crippen molar-refractivity contribution in [2.45, 2.75) is 39.0 Å². The Morgan fingerprint density at radius 3 is 3.00 bits per heavy atom. The molecule has 1 saturated heterocycles. The van der Waals surface area contributed by atoms with Crippen molar-refractivity contribution in [3.8, 4) is 0 Å². The lowest BCUT2D eigenvalue weighted by molar-refractivity contribution is 0.0710. The molecule has 1 aliphatic heterocycles. The lowest BCUT2D eigenvalue weighted by Crippen LogP contribution is -2.39. The zero-order valence-electron chi connectivity index (χ0n) is 14.9. The van der Waals surface area contributed by atoms with E-state index in [1.807, 2.05) is 24.8 Å². The minimum Gasteiger partial charge on any atom is -0.337 e. The highest BCUT2D eigenvalue weighted by Gasteiger charge is 2.28. The van der Waals surface area contributed by atoms with Gasteiger partial charge in [-0.3, -0.25) is 14.7 Å². The van der Waals surface area contributed by atoms with E-state index in [0.29, 0.717) is 17.1 Å². The second kappa shape index (κ2) is 6.68. The number of aromatic amines is 1. The van der Waals surface area contributed by atoms with Gasteiger partial charge >= 0.3 is 0 Å². The van der Waals surface area contributed by atoms with Gasteiger partial charge in [0.05, 0.1) is 11.2 Å². The maximum atomic E-state index is 12.8. The van der Waals surface area contributed by atoms with Crippen molar-refractivity contribution in [1.82, 2.24) is 24.5 Å². The van der Waals surface area contributed by atoms with Gasteiger partial charge in [0.2, 0.25) is 0 Å². The number of aromatic nitrogens is 4. The maximum Gasteiger partial charge on any atom is 0.272 e. The van der Waals surface area contributed by atoms with Crippen LogP contribution in [0.3, 0.4) is 0 Å². The normalized spacial score (nSPS) is 17.8. The van der Waals surface area contributed by atoms with Crippen LogP contribution in [-0.2, 0) is 6.42 Å². The van der Waals surface area contributed by atoms with E-state index < -0.39 is 0 Å². The van der Waals surface area contributed by atoms with Crippen molar-refractivity contribution in [3.63, 3.8) is 0 Å². The van der Waals surface area contributed by atoms with Crippen molar-refractivity contribution in [1.29, 1.82) is 0 Å². The van der Waals surface area contributed by atoms with E-state index in [0.717, 1.165) is 42.9 Å². The molecule has 4 rings (SSSR count). The number of nitrogens with one attached hydrogen (secondary N) is 1. The SMILES string of the molecule is CCc1cc(=O)n2[nH]c([C@@H]3CCCN(C(=O)c4scnc4C)C3)cc2n1. The minimum absolute atomic E-state index is 0.0503. The van der Waals surface area contributed by atoms with E-state index >= 15 is 0 Å². The summed E-state index contributed by atoms with van der Waals surface area (Å²) in [6.07, 6.45) is 2.64. The predicted octanol–water partition coefficient (Wildman–Crippen LogP) is 2.37. The molecular formula is C18H21N5O2S. The topological polar surface area (TPSA) is 83.4 Å². The fourth-order valence-corrected chi connectivity index (χ4v) is 4.28. The second-order valence-electron chi connectivity index (χ2n) is 6.70. The van der Waals surface area contributed by atoms with Crippen molar-refractivity contribution < 1.29 is 4.79 Å². The van der Waals surface area contributed by atoms with E-state index in [1.54, 1.807) is 11.6 Å². The van der Waals surface area contributed by atoms with Gasteiger partial charge in [0.25, 0.3) is 11.5 Å². The number of carbonyl (C=O) groups is 1. The van der Waals surface area contributed by atoms with Gasteiger partial charge in [-0.25, -0.2) is 14.5 Å². The third-order valence-corrected chi connectivity index (χ3v) is 5.89. The molecule has 8 heteroatoms. The number of carbonyl (C=O) groups excluding carboxylic acids is 1. The zero-order valence-corrected chi connectivity index (χ0v) is 15.7. The first-order chi connectivity index (χ1) is 12.6. The third kappa shape index (κ3) is 2.94. The molecule has 0 spiro atoms. The number of fused-ring (bicyclic) bond motifs is 1. The highest BCUT2D eigenvalue weighted by molar-refractivity contribution is 7.11. The number of nitrogens with zero attached hydrogens (tertiary/aromatic N) is 4. The van der Waals surface area contributed by atoms with Crippen molar-refractivity contribution in [2.75, 3.05) is 13.1 Å². The Balaban J connectivity index is 1.61. The molecule has 26 heavy (non-hydrogen) atoms. The highest BCUT2D eigenvalue weighted by atomic mass is 32.1. The molecule has 0 aromatic carbocycles. The fraction of sp³-hybridized carbons (Fsp3) is 0.444. The van der Waals surface area contributed by atoms with Crippen molar-refractivity contribution >= 4 is 22.9 Å². The maximum absolute atomic E-state index is 12.8. The standard InChI is InChI=1S/C18H21N5O2S/c1-3-13-7-16(24)23-15(20-13)8-14(21-23)12-5-4-6-22(9-12)18(25)17-11(2)19-10-26-17/h7-8,10,12,21H,3-6,9H2,1-2H3/t12-/m1/s1. The molecule has 7 nitrogen and oxygen atoms in total. The molecule has 1 amide bonds. The van der Waals surface area contributed by atoms with Crippen LogP contribution in [0.1, 0.15) is 52.4 Å². The molecule has 3 aromatic heterocycles. The quantitative estimate of drug-likeness (QED) is 0.766. The summed E-state index contributed by atoms with van der Waals surface area (Å²) in [6, 6.07) is 3.51. The molecule has 0 bridgehead atoms. The summed E-state index contributed by atoms with van der Waals surface area (Å²) >= 11 is 1.39. The van der Waals surface area contributed by atoms with Crippen LogP contribution >= 0.6 is 11.3 Å². The number of hydrogen-bond donors (Lipinski definition) is 1. The zero-order chi connectivity index (χ0) is 18.3. The van der Waals surface area contributed by atoms with Gasteiger partial charge in [0, 0.05) is 42.5 Å². The number of piperidine rings is 1. The van der Waals surface area contributed by atoms with Crippen LogP contribution in [0.15, 0.2) is 22.4 Å². The van der Waals surface area contributed by atoms with Gasteiger partial charge in [-0.1, -0.05) is 6.92 Å². The summed E-state index contributed by atoms with van der Waals surface area (Å²) in [5.74, 6) is 0.224. The fourth-order valence-electron chi connectivity index (χ4n) is 3.52. The Kier molecular flexibility index (Phi) is 4.36. The number of thiazole rings is 1. The number of amides is 1. The first-order valence-electron chi connectivity index (χ1n) is 8.87. The molecular weight excluding hydrogens is 350 g/mol. The number of aryl methyl sites for hydroxylation is 2. The number of H-pyrrole nitrogens is 1. The Morgan fingerprint density at radius 1 is 1.42 bits per heavy atom. The first-order valence-corrected chi connectivity index (χ1v) is 9.75. The monoisotopic (exact) mass is 371 g/mol. The minimum atomic E-state index is -0.0953. The number of rotatable bonds is 3. The summed E-state index contributed by atoms with van der Waals surface area (Å²) in [4.78, 5) is 36.3. The van der Waals surface area contributed by atoms with Gasteiger partial charge in [-0.05, 0) is 26.2 Å². The van der Waals surface area contributed by atoms with Crippen LogP contribution in [0.4, 0.5) is 0 Å². The van der Waals surface area contributed by atoms with Crippen molar-refractivity contribution in [3.05, 3.63) is 50.0 Å². The second-order valence-corrected chi connectivity index (χ2v) is 7.56. The van der Waals surface area contributed by atoms with E-state index in [1.165, 1.54) is 15.9 Å². The Bertz CT molecular complexity index is 1020. The third-order valence-electron chi connectivity index (χ3n) is 4.97. The van der Waals surface area contributed by atoms with E-state index in [-0.39, 0.29) is 17.4 Å². The summed E-state index contributed by atoms with van der Waals surface area (Å²) in [7, 11) is 0. The smallest absolute Gasteiger partial charge is 0.272 e. The lowest BCUT2D eigenvalue weighted by atomic mass is 9.94. The van der Waals surface area contributed by atoms with Gasteiger partial charge in [-0.15, -0.1) is 11.3 Å². The Labute approximate surface area is 154 Å². The van der Waals surface area contributed by atoms with Crippen LogP contribution < -0.4 is 5.56 Å². The number of likely N-dealkylation sites (tertiary alicyclic amines) is 1. The molecule has 0 aliphatic carbocycles. The number of hydrogen-bond acceptors (Lipinski definition) is 5. The highest BCUT2D eigenvalue weighted by Crippen LogP contribution is 2.28. The summed E-state index contributed by atoms with van der Waals surface area (Å²) in [6.45, 7) is 5.24. The molecule has 0 saturated carbocycles. The van der Waals surface area contributed by atoms with Crippen LogP contribution in [0.5, 0.6) is 0 Å². The van der Waals surface area contributed by atoms with Crippen LogP contribution in [0.2, 0.25) is 0 Å². The van der Waals surface area contributed by atoms with Gasteiger partial charge in [-0.2, -0.15) is 0 Å². The van der Waals surface area contributed by atoms with E-state index in [2.05, 4.69) is 15.1 Å². The van der Waals surface area contributed by atoms with E-state index in [9.17, 15) is 9.59 Å². The first kappa shape index (κ1) is 17.0. The largest absolute Gasteiger partial charge is 0.337 e. The average molecular weight is 371 g/mol. The summed E-state index contributed by atoms with van der Waals surface area (Å²) < 4.78 is 1.49. The van der Waals surface area contributed by atoms with Crippen LogP contribution in [0.25, 0.3) is 5.65 Å². The van der Waals surface area contributed by atoms with Crippen LogP contribution in [-0.4, -0.2) is 43.5 Å². The van der Waals surface area contributed by atoms with Gasteiger partial charge in [0.1, 0.15) is 4.88 Å². The molecule has 136 valence electrons. The average Bonchev–Trinajstić information content (AvgIpc) is 3.27. The molecule has 3 aromatic rings. The molecule has 1 fully saturated rings. The molecule has 0 radical (unpaired) electrons. The summed E-state index contributed by atoms with van der Waals surface area (Å²) in [5.41, 5.74) is 4.80. The van der Waals surface area contributed by atoms with Gasteiger partial charge < -0.3 is 4.90 Å². The Morgan fingerprint density at radius 2 is 2.27 bits per heavy atom. The molecule has 1 N–H and O–H groups in total. The van der Waals surface area contributed by atoms with Crippen molar-refractivity contribution in [2.24, 2.45) is 0 Å². The molecule has 0 unspecified atom stereocenters. The van der Waals surface area contributed by atoms with Gasteiger partial charge in [0.15, 0.2) is 5.65 Å². The van der Waals surface area contributed by atoms with E-state index in [4.69, 9.17) is 0 Å². The summed E-state index contributed by atoms with van der Waals surface area (Å²) in [5, 5.41) is 3.18. The molecule has 4 heterocycles.